The van der Waals surface area contributed by atoms with Gasteiger partial charge in [0, 0.05) is 23.2 Å². The average Bonchev–Trinajstić information content (AvgIpc) is 3.28. The predicted molar refractivity (Wildman–Crippen MR) is 135 cm³/mol. The van der Waals surface area contributed by atoms with Gasteiger partial charge in [0.05, 0.1) is 11.4 Å². The highest BCUT2D eigenvalue weighted by molar-refractivity contribution is 5.96. The van der Waals surface area contributed by atoms with Crippen LogP contribution in [0.3, 0.4) is 0 Å². The number of rotatable bonds is 9. The third-order valence-corrected chi connectivity index (χ3v) is 6.68. The highest BCUT2D eigenvalue weighted by atomic mass is 16.5. The van der Waals surface area contributed by atoms with E-state index in [4.69, 9.17) is 14.8 Å². The second-order valence-electron chi connectivity index (χ2n) is 9.09. The van der Waals surface area contributed by atoms with Crippen molar-refractivity contribution in [2.24, 2.45) is 0 Å². The second-order valence-corrected chi connectivity index (χ2v) is 9.09. The number of benzene rings is 2. The second kappa shape index (κ2) is 9.80. The molecule has 1 fully saturated rings. The van der Waals surface area contributed by atoms with Crippen LogP contribution < -0.4 is 10.1 Å². The number of nitrogens with zero attached hydrogens (tertiary/aromatic N) is 5. The van der Waals surface area contributed by atoms with Gasteiger partial charge in [-0.3, -0.25) is 4.98 Å². The summed E-state index contributed by atoms with van der Waals surface area (Å²) in [5, 5.41) is 19.2. The molecule has 176 valence electrons. The molecule has 2 aromatic carbocycles. The minimum absolute atomic E-state index is 0.348. The Morgan fingerprint density at radius 3 is 2.49 bits per heavy atom. The summed E-state index contributed by atoms with van der Waals surface area (Å²) in [7, 11) is 0. The van der Waals surface area contributed by atoms with E-state index in [2.05, 4.69) is 45.8 Å². The van der Waals surface area contributed by atoms with E-state index in [-0.39, 0.29) is 0 Å². The van der Waals surface area contributed by atoms with E-state index in [1.165, 1.54) is 12.0 Å². The summed E-state index contributed by atoms with van der Waals surface area (Å²) in [5.74, 6) is 1.95. The molecule has 0 bridgehead atoms. The zero-order valence-electron chi connectivity index (χ0n) is 19.6. The lowest BCUT2D eigenvalue weighted by Crippen LogP contribution is -2.18. The van der Waals surface area contributed by atoms with Crippen LogP contribution in [-0.4, -0.2) is 31.3 Å². The van der Waals surface area contributed by atoms with Crippen molar-refractivity contribution < 1.29 is 4.74 Å². The van der Waals surface area contributed by atoms with Crippen LogP contribution in [0, 0.1) is 0 Å². The highest BCUT2D eigenvalue weighted by Gasteiger charge is 2.26. The largest absolute Gasteiger partial charge is 0.470 e. The number of fused-ring (bicyclic) bond motifs is 3. The Bertz CT molecular complexity index is 1440. The Morgan fingerprint density at radius 1 is 0.857 bits per heavy atom. The van der Waals surface area contributed by atoms with Crippen molar-refractivity contribution in [3.63, 3.8) is 0 Å². The van der Waals surface area contributed by atoms with Gasteiger partial charge in [0.1, 0.15) is 6.61 Å². The van der Waals surface area contributed by atoms with Crippen molar-refractivity contribution in [1.82, 2.24) is 30.1 Å². The molecule has 0 radical (unpaired) electrons. The SMILES string of the molecule is c1ccc(CCNCc2cccc(COc3nn4c(C5CCC5)nnc4c4ccccc34)n2)cc1. The maximum Gasteiger partial charge on any atom is 0.240 e. The molecule has 1 saturated carbocycles. The van der Waals surface area contributed by atoms with Crippen LogP contribution in [0.1, 0.15) is 48.0 Å². The molecule has 0 unspecified atom stereocenters. The van der Waals surface area contributed by atoms with E-state index in [0.29, 0.717) is 18.4 Å². The molecule has 1 aliphatic rings. The van der Waals surface area contributed by atoms with Crippen molar-refractivity contribution in [1.29, 1.82) is 0 Å². The first kappa shape index (κ1) is 21.7. The maximum absolute atomic E-state index is 6.24. The average molecular weight is 465 g/mol. The fraction of sp³-hybridized carbons (Fsp3) is 0.286. The molecular formula is C28H28N6O. The molecule has 7 heteroatoms. The molecule has 1 aliphatic carbocycles. The summed E-state index contributed by atoms with van der Waals surface area (Å²) in [5.41, 5.74) is 4.00. The van der Waals surface area contributed by atoms with E-state index in [1.54, 1.807) is 0 Å². The molecular weight excluding hydrogens is 436 g/mol. The van der Waals surface area contributed by atoms with E-state index in [1.807, 2.05) is 47.0 Å². The summed E-state index contributed by atoms with van der Waals surface area (Å²) in [4.78, 5) is 4.79. The van der Waals surface area contributed by atoms with E-state index < -0.39 is 0 Å². The molecule has 1 N–H and O–H groups in total. The van der Waals surface area contributed by atoms with Gasteiger partial charge in [-0.1, -0.05) is 61.0 Å². The molecule has 0 spiro atoms. The van der Waals surface area contributed by atoms with Crippen LogP contribution in [0.2, 0.25) is 0 Å². The number of hydrogen-bond acceptors (Lipinski definition) is 6. The lowest BCUT2D eigenvalue weighted by atomic mass is 9.85. The topological polar surface area (TPSA) is 77.2 Å². The summed E-state index contributed by atoms with van der Waals surface area (Å²) in [6, 6.07) is 24.7. The van der Waals surface area contributed by atoms with Crippen LogP contribution in [-0.2, 0) is 19.6 Å². The molecule has 3 heterocycles. The van der Waals surface area contributed by atoms with Gasteiger partial charge in [0.2, 0.25) is 5.88 Å². The highest BCUT2D eigenvalue weighted by Crippen LogP contribution is 2.36. The predicted octanol–water partition coefficient (Wildman–Crippen LogP) is 4.85. The Hall–Kier alpha value is -3.84. The third kappa shape index (κ3) is 4.59. The van der Waals surface area contributed by atoms with Crippen molar-refractivity contribution in [2.75, 3.05) is 6.54 Å². The van der Waals surface area contributed by atoms with Gasteiger partial charge < -0.3 is 10.1 Å². The molecule has 0 atom stereocenters. The smallest absolute Gasteiger partial charge is 0.240 e. The first-order valence-electron chi connectivity index (χ1n) is 12.3. The standard InChI is InChI=1S/C28H28N6O/c1-2-8-20(9-3-1)16-17-29-18-22-12-7-13-23(30-22)19-35-28-25-15-5-4-14-24(25)27-32-31-26(34(27)33-28)21-10-6-11-21/h1-5,7-9,12-15,21,29H,6,10-11,16-19H2. The molecule has 7 nitrogen and oxygen atoms in total. The Kier molecular flexibility index (Phi) is 6.07. The maximum atomic E-state index is 6.24. The van der Waals surface area contributed by atoms with Gasteiger partial charge in [-0.25, -0.2) is 0 Å². The summed E-state index contributed by atoms with van der Waals surface area (Å²) >= 11 is 0. The van der Waals surface area contributed by atoms with E-state index in [0.717, 1.165) is 66.0 Å². The van der Waals surface area contributed by atoms with Crippen molar-refractivity contribution in [2.45, 2.75) is 44.8 Å². The van der Waals surface area contributed by atoms with Crippen LogP contribution in [0.25, 0.3) is 16.4 Å². The number of pyridine rings is 1. The Balaban J connectivity index is 1.16. The lowest BCUT2D eigenvalue weighted by molar-refractivity contribution is 0.287. The van der Waals surface area contributed by atoms with Crippen LogP contribution >= 0.6 is 0 Å². The van der Waals surface area contributed by atoms with Gasteiger partial charge in [-0.2, -0.15) is 4.52 Å². The van der Waals surface area contributed by atoms with Crippen LogP contribution in [0.15, 0.2) is 72.8 Å². The van der Waals surface area contributed by atoms with Gasteiger partial charge >= 0.3 is 0 Å². The summed E-state index contributed by atoms with van der Waals surface area (Å²) < 4.78 is 8.11. The first-order valence-corrected chi connectivity index (χ1v) is 12.3. The number of nitrogens with one attached hydrogen (secondary N) is 1. The quantitative estimate of drug-likeness (QED) is 0.314. The molecule has 35 heavy (non-hydrogen) atoms. The monoisotopic (exact) mass is 464 g/mol. The summed E-state index contributed by atoms with van der Waals surface area (Å²) in [6.07, 6.45) is 4.51. The van der Waals surface area contributed by atoms with Gasteiger partial charge in [0.25, 0.3) is 0 Å². The summed E-state index contributed by atoms with van der Waals surface area (Å²) in [6.45, 7) is 1.98. The zero-order valence-corrected chi connectivity index (χ0v) is 19.6. The van der Waals surface area contributed by atoms with E-state index in [9.17, 15) is 0 Å². The zero-order chi connectivity index (χ0) is 23.5. The van der Waals surface area contributed by atoms with Crippen LogP contribution in [0.5, 0.6) is 5.88 Å². The Labute approximate surface area is 204 Å². The lowest BCUT2D eigenvalue weighted by Gasteiger charge is -2.23. The molecule has 0 aliphatic heterocycles. The van der Waals surface area contributed by atoms with E-state index >= 15 is 0 Å². The normalized spacial score (nSPS) is 13.8. The molecule has 0 amide bonds. The number of aromatic nitrogens is 5. The third-order valence-electron chi connectivity index (χ3n) is 6.68. The number of ether oxygens (including phenoxy) is 1. The fourth-order valence-corrected chi connectivity index (χ4v) is 4.54. The fourth-order valence-electron chi connectivity index (χ4n) is 4.54. The van der Waals surface area contributed by atoms with Gasteiger partial charge in [-0.05, 0) is 49.6 Å². The van der Waals surface area contributed by atoms with Crippen molar-refractivity contribution in [3.8, 4) is 5.88 Å². The molecule has 3 aromatic heterocycles. The van der Waals surface area contributed by atoms with Crippen molar-refractivity contribution >= 4 is 16.4 Å². The van der Waals surface area contributed by atoms with Crippen molar-refractivity contribution in [3.05, 3.63) is 95.6 Å². The molecule has 0 saturated heterocycles. The molecule has 5 aromatic rings. The van der Waals surface area contributed by atoms with Gasteiger partial charge in [0.15, 0.2) is 11.5 Å². The molecule has 6 rings (SSSR count). The number of hydrogen-bond donors (Lipinski definition) is 1. The minimum atomic E-state index is 0.348. The van der Waals surface area contributed by atoms with Crippen LogP contribution in [0.4, 0.5) is 0 Å². The van der Waals surface area contributed by atoms with Gasteiger partial charge in [-0.15, -0.1) is 15.3 Å². The minimum Gasteiger partial charge on any atom is -0.470 e. The first-order chi connectivity index (χ1) is 17.3. The Morgan fingerprint density at radius 2 is 1.66 bits per heavy atom.